The fraction of sp³-hybridized carbons (Fsp3) is 0.354. The Hall–Kier alpha value is -6.94. The van der Waals surface area contributed by atoms with Crippen molar-refractivity contribution in [2.24, 2.45) is 0 Å². The van der Waals surface area contributed by atoms with Crippen LogP contribution in [-0.4, -0.2) is 128 Å². The number of phenolic OH excluding ortho intramolecular Hbond substituents is 3. The first-order valence-electron chi connectivity index (χ1n) is 21.8. The highest BCUT2D eigenvalue weighted by Crippen LogP contribution is 2.37. The number of rotatable bonds is 10. The highest BCUT2D eigenvalue weighted by Gasteiger charge is 2.32. The molecule has 16 heteroatoms. The summed E-state index contributed by atoms with van der Waals surface area (Å²) in [6.07, 6.45) is 2.27. The van der Waals surface area contributed by atoms with Crippen LogP contribution in [0.25, 0.3) is 10.8 Å². The van der Waals surface area contributed by atoms with E-state index in [1.165, 1.54) is 17.0 Å². The molecule has 0 atom stereocenters. The molecular formula is C48H52FN9O6. The summed E-state index contributed by atoms with van der Waals surface area (Å²) < 4.78 is 15.9. The van der Waals surface area contributed by atoms with Crippen LogP contribution in [0.3, 0.4) is 0 Å². The number of amides is 3. The summed E-state index contributed by atoms with van der Waals surface area (Å²) in [5.41, 5.74) is 5.08. The zero-order valence-corrected chi connectivity index (χ0v) is 35.9. The molecule has 5 aromatic rings. The maximum absolute atomic E-state index is 15.9. The Balaban J connectivity index is 0.821. The van der Waals surface area contributed by atoms with Gasteiger partial charge in [0.15, 0.2) is 0 Å². The second kappa shape index (κ2) is 17.7. The van der Waals surface area contributed by atoms with E-state index in [9.17, 15) is 29.7 Å². The molecule has 4 aliphatic heterocycles. The number of carbonyl (C=O) groups excluding carboxylic acids is 3. The third-order valence-corrected chi connectivity index (χ3v) is 13.0. The molecular weight excluding hydrogens is 818 g/mol. The summed E-state index contributed by atoms with van der Waals surface area (Å²) in [6, 6.07) is 17.8. The van der Waals surface area contributed by atoms with E-state index in [2.05, 4.69) is 32.7 Å². The van der Waals surface area contributed by atoms with Crippen molar-refractivity contribution in [3.8, 4) is 17.2 Å². The fourth-order valence-electron chi connectivity index (χ4n) is 9.37. The van der Waals surface area contributed by atoms with E-state index in [1.807, 2.05) is 29.2 Å². The summed E-state index contributed by atoms with van der Waals surface area (Å²) in [4.78, 5) is 60.8. The Kier molecular flexibility index (Phi) is 11.7. The summed E-state index contributed by atoms with van der Waals surface area (Å²) in [5.74, 6) is 0.154. The molecule has 4 N–H and O–H groups in total. The fourth-order valence-corrected chi connectivity index (χ4v) is 9.37. The second-order valence-corrected chi connectivity index (χ2v) is 17.0. The van der Waals surface area contributed by atoms with Gasteiger partial charge in [-0.2, -0.15) is 4.98 Å². The first-order valence-corrected chi connectivity index (χ1v) is 21.8. The predicted molar refractivity (Wildman–Crippen MR) is 241 cm³/mol. The smallest absolute Gasteiger partial charge is 0.258 e. The Morgan fingerprint density at radius 2 is 1.56 bits per heavy atom. The number of aromatic hydroxyl groups is 3. The lowest BCUT2D eigenvalue weighted by Crippen LogP contribution is -2.49. The van der Waals surface area contributed by atoms with Crippen LogP contribution in [0.4, 0.5) is 21.8 Å². The van der Waals surface area contributed by atoms with E-state index in [0.717, 1.165) is 45.2 Å². The topological polar surface area (TPSA) is 169 Å². The SMILES string of the molecule is C=CC(=O)N1CCN(c2nc(NCCC(=O)N3CCN(Cc4ccc5c(c4F)CN(C(=O)c4cc(C)c(O)cc4O)C5)CC3)nc3c2CCN(c2cc(O)cc4ccccc24)C3)CC1. The van der Waals surface area contributed by atoms with Gasteiger partial charge in [0, 0.05) is 131 Å². The minimum atomic E-state index is -0.436. The minimum Gasteiger partial charge on any atom is -0.508 e. The van der Waals surface area contributed by atoms with Crippen LogP contribution in [0.15, 0.2) is 73.3 Å². The van der Waals surface area contributed by atoms with Gasteiger partial charge in [-0.25, -0.2) is 9.37 Å². The molecule has 0 saturated carbocycles. The van der Waals surface area contributed by atoms with E-state index in [4.69, 9.17) is 9.97 Å². The quantitative estimate of drug-likeness (QED) is 0.141. The number of halogens is 1. The van der Waals surface area contributed by atoms with Crippen LogP contribution in [0.5, 0.6) is 17.2 Å². The average molecular weight is 870 g/mol. The number of carbonyl (C=O) groups is 3. The van der Waals surface area contributed by atoms with Gasteiger partial charge in [-0.3, -0.25) is 19.3 Å². The summed E-state index contributed by atoms with van der Waals surface area (Å²) in [5, 5.41) is 36.2. The van der Waals surface area contributed by atoms with Gasteiger partial charge in [-0.05, 0) is 48.1 Å². The van der Waals surface area contributed by atoms with Crippen LogP contribution in [0.2, 0.25) is 0 Å². The molecule has 332 valence electrons. The average Bonchev–Trinajstić information content (AvgIpc) is 3.75. The largest absolute Gasteiger partial charge is 0.508 e. The van der Waals surface area contributed by atoms with Gasteiger partial charge in [0.05, 0.1) is 17.8 Å². The summed E-state index contributed by atoms with van der Waals surface area (Å²) in [7, 11) is 0. The van der Waals surface area contributed by atoms with Crippen molar-refractivity contribution < 1.29 is 34.1 Å². The Morgan fingerprint density at radius 1 is 0.797 bits per heavy atom. The van der Waals surface area contributed by atoms with Crippen LogP contribution in [-0.2, 0) is 42.2 Å². The molecule has 0 spiro atoms. The van der Waals surface area contributed by atoms with Crippen LogP contribution in [0, 0.1) is 12.7 Å². The number of anilines is 3. The molecule has 2 fully saturated rings. The number of hydrogen-bond donors (Lipinski definition) is 4. The molecule has 0 bridgehead atoms. The predicted octanol–water partition coefficient (Wildman–Crippen LogP) is 4.89. The summed E-state index contributed by atoms with van der Waals surface area (Å²) >= 11 is 0. The molecule has 4 aromatic carbocycles. The molecule has 0 aliphatic carbocycles. The van der Waals surface area contributed by atoms with Crippen molar-refractivity contribution in [3.63, 3.8) is 0 Å². The molecule has 0 unspecified atom stereocenters. The summed E-state index contributed by atoms with van der Waals surface area (Å²) in [6.45, 7) is 12.0. The number of nitrogens with zero attached hydrogens (tertiary/aromatic N) is 8. The van der Waals surface area contributed by atoms with Crippen molar-refractivity contribution in [1.29, 1.82) is 0 Å². The molecule has 2 saturated heterocycles. The maximum atomic E-state index is 15.9. The zero-order chi connectivity index (χ0) is 44.6. The Bertz CT molecular complexity index is 2660. The van der Waals surface area contributed by atoms with E-state index in [1.54, 1.807) is 30.0 Å². The monoisotopic (exact) mass is 869 g/mol. The standard InChI is InChI=1S/C48H52FN9O6/c1-3-43(62)54-18-20-56(21-19-54)46-36-11-13-57(40-24-34(59)23-31-6-4-5-7-35(31)40)29-39(36)51-48(52-46)50-12-10-44(63)55-16-14-53(15-17-55)26-33-9-8-32-27-58(28-38(32)45(33)49)47(64)37-22-30(2)41(60)25-42(37)61/h3-9,22-25,59-61H,1,10-21,26-29H2,2H3,(H,50,51,52). The highest BCUT2D eigenvalue weighted by atomic mass is 19.1. The van der Waals surface area contributed by atoms with E-state index < -0.39 is 5.91 Å². The first-order chi connectivity index (χ1) is 30.9. The number of piperazine rings is 2. The number of fused-ring (bicyclic) bond motifs is 3. The lowest BCUT2D eigenvalue weighted by atomic mass is 10.0. The number of hydrogen-bond acceptors (Lipinski definition) is 12. The lowest BCUT2D eigenvalue weighted by molar-refractivity contribution is -0.132. The van der Waals surface area contributed by atoms with Gasteiger partial charge in [0.2, 0.25) is 17.8 Å². The molecule has 15 nitrogen and oxygen atoms in total. The first kappa shape index (κ1) is 42.4. The second-order valence-electron chi connectivity index (χ2n) is 17.0. The molecule has 9 rings (SSSR count). The van der Waals surface area contributed by atoms with Gasteiger partial charge < -0.3 is 45.1 Å². The molecule has 5 heterocycles. The third kappa shape index (κ3) is 8.44. The van der Waals surface area contributed by atoms with Crippen molar-refractivity contribution >= 4 is 45.9 Å². The molecule has 3 amide bonds. The van der Waals surface area contributed by atoms with Crippen LogP contribution >= 0.6 is 0 Å². The lowest BCUT2D eigenvalue weighted by Gasteiger charge is -2.38. The van der Waals surface area contributed by atoms with Gasteiger partial charge in [-0.1, -0.05) is 43.0 Å². The molecule has 0 radical (unpaired) electrons. The number of nitrogens with one attached hydrogen (secondary N) is 1. The van der Waals surface area contributed by atoms with E-state index >= 15 is 4.39 Å². The molecule has 64 heavy (non-hydrogen) atoms. The molecule has 4 aliphatic rings. The van der Waals surface area contributed by atoms with Gasteiger partial charge >= 0.3 is 0 Å². The van der Waals surface area contributed by atoms with Gasteiger partial charge in [0.1, 0.15) is 28.9 Å². The number of aryl methyl sites for hydroxylation is 1. The Morgan fingerprint density at radius 3 is 2.34 bits per heavy atom. The van der Waals surface area contributed by atoms with Gasteiger partial charge in [-0.15, -0.1) is 0 Å². The molecule has 1 aromatic heterocycles. The van der Waals surface area contributed by atoms with Crippen molar-refractivity contribution in [3.05, 3.63) is 118 Å². The number of aromatic nitrogens is 2. The normalized spacial score (nSPS) is 16.5. The highest BCUT2D eigenvalue weighted by molar-refractivity contribution is 5.98. The van der Waals surface area contributed by atoms with E-state index in [0.29, 0.717) is 108 Å². The van der Waals surface area contributed by atoms with Crippen LogP contribution in [0.1, 0.15) is 50.3 Å². The van der Waals surface area contributed by atoms with E-state index in [-0.39, 0.29) is 60.0 Å². The van der Waals surface area contributed by atoms with Crippen LogP contribution < -0.4 is 15.1 Å². The van der Waals surface area contributed by atoms with Crippen molar-refractivity contribution in [1.82, 2.24) is 29.6 Å². The minimum absolute atomic E-state index is 0.00129. The van der Waals surface area contributed by atoms with Gasteiger partial charge in [0.25, 0.3) is 5.91 Å². The number of benzene rings is 4. The zero-order valence-electron chi connectivity index (χ0n) is 35.9. The third-order valence-electron chi connectivity index (χ3n) is 13.0. The van der Waals surface area contributed by atoms with Crippen molar-refractivity contribution in [2.45, 2.75) is 45.9 Å². The van der Waals surface area contributed by atoms with Crippen molar-refractivity contribution in [2.75, 3.05) is 80.6 Å². The number of phenols is 3. The maximum Gasteiger partial charge on any atom is 0.258 e. The Labute approximate surface area is 370 Å².